The van der Waals surface area contributed by atoms with E-state index in [0.717, 1.165) is 38.5 Å². The molecular formula is C29H36O2. The zero-order valence-corrected chi connectivity index (χ0v) is 19.1. The minimum absolute atomic E-state index is 0.00606. The van der Waals surface area contributed by atoms with Crippen LogP contribution in [-0.4, -0.2) is 11.6 Å². The maximum atomic E-state index is 12.8. The van der Waals surface area contributed by atoms with Crippen molar-refractivity contribution in [1.29, 1.82) is 0 Å². The van der Waals surface area contributed by atoms with E-state index in [1.165, 1.54) is 30.4 Å². The van der Waals surface area contributed by atoms with Crippen molar-refractivity contribution in [2.75, 3.05) is 0 Å². The lowest BCUT2D eigenvalue weighted by molar-refractivity contribution is -0.132. The summed E-state index contributed by atoms with van der Waals surface area (Å²) in [7, 11) is 0. The third kappa shape index (κ3) is 3.47. The second-order valence-corrected chi connectivity index (χ2v) is 11.1. The molecule has 1 aromatic rings. The number of carbonyl (C=O) groups is 2. The Kier molecular flexibility index (Phi) is 5.31. The van der Waals surface area contributed by atoms with Crippen molar-refractivity contribution in [3.8, 4) is 0 Å². The summed E-state index contributed by atoms with van der Waals surface area (Å²) in [5.41, 5.74) is 2.71. The van der Waals surface area contributed by atoms with Gasteiger partial charge in [0.25, 0.3) is 0 Å². The zero-order valence-electron chi connectivity index (χ0n) is 19.1. The normalized spacial score (nSPS) is 39.0. The molecule has 5 rings (SSSR count). The third-order valence-corrected chi connectivity index (χ3v) is 9.54. The van der Waals surface area contributed by atoms with Gasteiger partial charge >= 0.3 is 0 Å². The molecule has 31 heavy (non-hydrogen) atoms. The molecule has 0 heterocycles. The standard InChI is InChI=1S/C29H36O2/c1-28-16-14-22(30)19-26(28)21(11-7-6-10-20-8-4-3-5-9-20)18-23-24-12-13-27(31)29(24,2)17-15-25(23)28/h3-5,8-9,14,16,19,21,23-25H,6-7,10-13,15,17-18H2,1-2H3/t21-,23+,24+,25+,28-,29+/m1/s1. The van der Waals surface area contributed by atoms with E-state index in [9.17, 15) is 9.59 Å². The van der Waals surface area contributed by atoms with Crippen LogP contribution < -0.4 is 0 Å². The summed E-state index contributed by atoms with van der Waals surface area (Å²) in [6.07, 6.45) is 15.9. The van der Waals surface area contributed by atoms with E-state index in [1.54, 1.807) is 0 Å². The van der Waals surface area contributed by atoms with Crippen molar-refractivity contribution >= 4 is 11.6 Å². The highest BCUT2D eigenvalue weighted by molar-refractivity contribution is 6.01. The fourth-order valence-corrected chi connectivity index (χ4v) is 7.83. The zero-order chi connectivity index (χ0) is 21.6. The van der Waals surface area contributed by atoms with Crippen LogP contribution in [-0.2, 0) is 16.0 Å². The van der Waals surface area contributed by atoms with Gasteiger partial charge in [-0.15, -0.1) is 0 Å². The summed E-state index contributed by atoms with van der Waals surface area (Å²) in [4.78, 5) is 25.1. The summed E-state index contributed by atoms with van der Waals surface area (Å²) in [6, 6.07) is 10.8. The molecule has 2 nitrogen and oxygen atoms in total. The quantitative estimate of drug-likeness (QED) is 0.513. The molecule has 3 fully saturated rings. The second kappa shape index (κ2) is 7.87. The number of aryl methyl sites for hydroxylation is 1. The fourth-order valence-electron chi connectivity index (χ4n) is 7.83. The highest BCUT2D eigenvalue weighted by atomic mass is 16.1. The summed E-state index contributed by atoms with van der Waals surface area (Å²) in [5.74, 6) is 2.88. The van der Waals surface area contributed by atoms with Gasteiger partial charge < -0.3 is 0 Å². The molecule has 4 aliphatic rings. The van der Waals surface area contributed by atoms with Gasteiger partial charge in [0.1, 0.15) is 5.78 Å². The Bertz CT molecular complexity index is 925. The van der Waals surface area contributed by atoms with Gasteiger partial charge in [-0.05, 0) is 86.3 Å². The number of carbonyl (C=O) groups excluding carboxylic acids is 2. The average molecular weight is 417 g/mol. The predicted molar refractivity (Wildman–Crippen MR) is 124 cm³/mol. The average Bonchev–Trinajstić information content (AvgIpc) is 3.07. The van der Waals surface area contributed by atoms with Crippen molar-refractivity contribution in [3.05, 3.63) is 59.7 Å². The monoisotopic (exact) mass is 416 g/mol. The summed E-state index contributed by atoms with van der Waals surface area (Å²) in [6.45, 7) is 4.64. The molecule has 1 aromatic carbocycles. The Hall–Kier alpha value is -1.96. The van der Waals surface area contributed by atoms with Crippen molar-refractivity contribution in [2.24, 2.45) is 34.5 Å². The lowest BCUT2D eigenvalue weighted by Gasteiger charge is -2.57. The summed E-state index contributed by atoms with van der Waals surface area (Å²) >= 11 is 0. The SMILES string of the molecule is C[C@]12C=CC(=O)C=C1[C@H](CCCCc1ccccc1)C[C@@H]1[C@@H]2CC[C@]2(C)C(=O)CC[C@@H]12. The van der Waals surface area contributed by atoms with Crippen molar-refractivity contribution < 1.29 is 9.59 Å². The maximum absolute atomic E-state index is 12.8. The minimum atomic E-state index is -0.0925. The number of Topliss-reactive ketones (excluding diaryl/α,β-unsaturated/α-hetero) is 1. The Labute approximate surface area is 187 Å². The van der Waals surface area contributed by atoms with Gasteiger partial charge in [-0.2, -0.15) is 0 Å². The Morgan fingerprint density at radius 3 is 2.61 bits per heavy atom. The van der Waals surface area contributed by atoms with Crippen LogP contribution in [0.2, 0.25) is 0 Å². The van der Waals surface area contributed by atoms with Crippen LogP contribution in [0.15, 0.2) is 54.1 Å². The summed E-state index contributed by atoms with van der Waals surface area (Å²) < 4.78 is 0. The van der Waals surface area contributed by atoms with Gasteiger partial charge in [0.2, 0.25) is 0 Å². The van der Waals surface area contributed by atoms with Crippen LogP contribution in [0.3, 0.4) is 0 Å². The molecule has 0 bridgehead atoms. The van der Waals surface area contributed by atoms with E-state index in [0.29, 0.717) is 29.5 Å². The highest BCUT2D eigenvalue weighted by Gasteiger charge is 2.59. The maximum Gasteiger partial charge on any atom is 0.178 e. The first-order chi connectivity index (χ1) is 14.9. The molecule has 4 aliphatic carbocycles. The van der Waals surface area contributed by atoms with Gasteiger partial charge in [-0.25, -0.2) is 0 Å². The number of hydrogen-bond acceptors (Lipinski definition) is 2. The predicted octanol–water partition coefficient (Wildman–Crippen LogP) is 6.50. The Morgan fingerprint density at radius 1 is 1.00 bits per heavy atom. The van der Waals surface area contributed by atoms with Crippen molar-refractivity contribution in [2.45, 2.75) is 71.6 Å². The molecule has 0 aliphatic heterocycles. The first-order valence-electron chi connectivity index (χ1n) is 12.4. The lowest BCUT2D eigenvalue weighted by Crippen LogP contribution is -2.51. The molecule has 0 spiro atoms. The second-order valence-electron chi connectivity index (χ2n) is 11.1. The molecule has 164 valence electrons. The van der Waals surface area contributed by atoms with Crippen LogP contribution >= 0.6 is 0 Å². The number of hydrogen-bond donors (Lipinski definition) is 0. The largest absolute Gasteiger partial charge is 0.299 e. The molecule has 0 aromatic heterocycles. The molecule has 0 unspecified atom stereocenters. The molecule has 0 radical (unpaired) electrons. The van der Waals surface area contributed by atoms with Crippen LogP contribution in [0.1, 0.15) is 70.8 Å². The first-order valence-corrected chi connectivity index (χ1v) is 12.4. The van der Waals surface area contributed by atoms with Gasteiger partial charge in [0, 0.05) is 17.3 Å². The van der Waals surface area contributed by atoms with E-state index in [-0.39, 0.29) is 16.6 Å². The number of rotatable bonds is 5. The van der Waals surface area contributed by atoms with E-state index in [1.807, 2.05) is 12.2 Å². The van der Waals surface area contributed by atoms with Gasteiger partial charge in [-0.3, -0.25) is 9.59 Å². The number of benzene rings is 1. The van der Waals surface area contributed by atoms with E-state index in [2.05, 4.69) is 50.3 Å². The lowest BCUT2D eigenvalue weighted by atomic mass is 9.46. The van der Waals surface area contributed by atoms with Gasteiger partial charge in [0.05, 0.1) is 0 Å². The van der Waals surface area contributed by atoms with Crippen LogP contribution in [0.4, 0.5) is 0 Å². The Balaban J connectivity index is 1.36. The number of ketones is 2. The molecule has 3 saturated carbocycles. The van der Waals surface area contributed by atoms with Crippen molar-refractivity contribution in [3.63, 3.8) is 0 Å². The Morgan fingerprint density at radius 2 is 1.81 bits per heavy atom. The number of unbranched alkanes of at least 4 members (excludes halogenated alkanes) is 1. The van der Waals surface area contributed by atoms with Crippen LogP contribution in [0.5, 0.6) is 0 Å². The molecule has 6 atom stereocenters. The number of fused-ring (bicyclic) bond motifs is 5. The smallest absolute Gasteiger partial charge is 0.178 e. The van der Waals surface area contributed by atoms with Crippen LogP contribution in [0, 0.1) is 34.5 Å². The van der Waals surface area contributed by atoms with Gasteiger partial charge in [0.15, 0.2) is 5.78 Å². The molecular weight excluding hydrogens is 380 g/mol. The first kappa shape index (κ1) is 20.9. The molecule has 0 amide bonds. The van der Waals surface area contributed by atoms with E-state index in [4.69, 9.17) is 0 Å². The van der Waals surface area contributed by atoms with E-state index < -0.39 is 0 Å². The third-order valence-electron chi connectivity index (χ3n) is 9.54. The molecule has 0 saturated heterocycles. The molecule has 0 N–H and O–H groups in total. The topological polar surface area (TPSA) is 34.1 Å². The fraction of sp³-hybridized carbons (Fsp3) is 0.586. The molecule has 2 heteroatoms. The van der Waals surface area contributed by atoms with E-state index >= 15 is 0 Å². The van der Waals surface area contributed by atoms with Gasteiger partial charge in [-0.1, -0.05) is 62.2 Å². The minimum Gasteiger partial charge on any atom is -0.299 e. The van der Waals surface area contributed by atoms with Crippen molar-refractivity contribution in [1.82, 2.24) is 0 Å². The van der Waals surface area contributed by atoms with Crippen LogP contribution in [0.25, 0.3) is 0 Å². The highest BCUT2D eigenvalue weighted by Crippen LogP contribution is 2.65. The number of allylic oxidation sites excluding steroid dienone is 4. The summed E-state index contributed by atoms with van der Waals surface area (Å²) in [5, 5.41) is 0.